The number of nitrogen functional groups attached to an aromatic ring is 1. The largest absolute Gasteiger partial charge is 0.508 e. The molecule has 6 nitrogen and oxygen atoms in total. The van der Waals surface area contributed by atoms with E-state index in [0.29, 0.717) is 30.0 Å². The van der Waals surface area contributed by atoms with E-state index in [4.69, 9.17) is 10.5 Å². The number of phenols is 1. The molecule has 2 aliphatic heterocycles. The smallest absolute Gasteiger partial charge is 0.260 e. The number of aromatic hydroxyl groups is 1. The van der Waals surface area contributed by atoms with E-state index < -0.39 is 6.23 Å². The van der Waals surface area contributed by atoms with Gasteiger partial charge in [0.2, 0.25) is 6.23 Å². The Kier molecular flexibility index (Phi) is 2.46. The SMILES string of the molecule is Nc1ccc2c(c1)OC1c3[nH]c4ccc(O)cc4c3CCN1C2=O. The van der Waals surface area contributed by atoms with Crippen LogP contribution in [-0.4, -0.2) is 27.4 Å². The number of aromatic nitrogens is 1. The highest BCUT2D eigenvalue weighted by atomic mass is 16.5. The third kappa shape index (κ3) is 1.68. The second-order valence-corrected chi connectivity index (χ2v) is 6.22. The van der Waals surface area contributed by atoms with E-state index in [1.807, 2.05) is 6.07 Å². The van der Waals surface area contributed by atoms with Gasteiger partial charge in [0.25, 0.3) is 5.91 Å². The lowest BCUT2D eigenvalue weighted by Gasteiger charge is -2.39. The number of ether oxygens (including phenoxy) is 1. The second kappa shape index (κ2) is 4.44. The lowest BCUT2D eigenvalue weighted by atomic mass is 9.99. The van der Waals surface area contributed by atoms with Crippen molar-refractivity contribution in [3.63, 3.8) is 0 Å². The van der Waals surface area contributed by atoms with E-state index in [1.165, 1.54) is 0 Å². The molecule has 0 saturated heterocycles. The van der Waals surface area contributed by atoms with Crippen molar-refractivity contribution in [2.45, 2.75) is 12.6 Å². The lowest BCUT2D eigenvalue weighted by molar-refractivity contribution is 0.00207. The highest BCUT2D eigenvalue weighted by Crippen LogP contribution is 2.41. The molecule has 1 unspecified atom stereocenters. The maximum absolute atomic E-state index is 12.8. The number of anilines is 1. The fourth-order valence-electron chi connectivity index (χ4n) is 3.66. The monoisotopic (exact) mass is 321 g/mol. The normalized spacial score (nSPS) is 18.8. The Morgan fingerprint density at radius 3 is 3.00 bits per heavy atom. The average Bonchev–Trinajstić information content (AvgIpc) is 2.93. The number of carbonyl (C=O) groups is 1. The van der Waals surface area contributed by atoms with Gasteiger partial charge in [-0.15, -0.1) is 0 Å². The number of nitrogens with zero attached hydrogens (tertiary/aromatic N) is 1. The van der Waals surface area contributed by atoms with E-state index in [9.17, 15) is 9.90 Å². The maximum atomic E-state index is 12.8. The van der Waals surface area contributed by atoms with Crippen molar-refractivity contribution >= 4 is 22.5 Å². The van der Waals surface area contributed by atoms with E-state index in [2.05, 4.69) is 4.98 Å². The first-order valence-electron chi connectivity index (χ1n) is 7.82. The molecule has 0 aliphatic carbocycles. The number of nitrogens with one attached hydrogen (secondary N) is 1. The Bertz CT molecular complexity index is 1010. The second-order valence-electron chi connectivity index (χ2n) is 6.22. The van der Waals surface area contributed by atoms with E-state index in [0.717, 1.165) is 22.2 Å². The third-order valence-corrected chi connectivity index (χ3v) is 4.79. The Labute approximate surface area is 137 Å². The van der Waals surface area contributed by atoms with Gasteiger partial charge in [-0.2, -0.15) is 0 Å². The van der Waals surface area contributed by atoms with Crippen molar-refractivity contribution in [2.75, 3.05) is 12.3 Å². The van der Waals surface area contributed by atoms with Crippen molar-refractivity contribution in [3.8, 4) is 11.5 Å². The molecule has 4 N–H and O–H groups in total. The van der Waals surface area contributed by atoms with E-state index >= 15 is 0 Å². The minimum absolute atomic E-state index is 0.0478. The topological polar surface area (TPSA) is 91.6 Å². The van der Waals surface area contributed by atoms with Gasteiger partial charge in [0.05, 0.1) is 11.3 Å². The van der Waals surface area contributed by atoms with Crippen LogP contribution in [0.3, 0.4) is 0 Å². The number of phenolic OH excluding ortho intramolecular Hbond substituents is 1. The number of nitrogens with two attached hydrogens (primary N) is 1. The van der Waals surface area contributed by atoms with Gasteiger partial charge in [0.1, 0.15) is 11.5 Å². The molecular weight excluding hydrogens is 306 g/mol. The Balaban J connectivity index is 1.69. The summed E-state index contributed by atoms with van der Waals surface area (Å²) >= 11 is 0. The molecule has 0 bridgehead atoms. The summed E-state index contributed by atoms with van der Waals surface area (Å²) < 4.78 is 6.10. The van der Waals surface area contributed by atoms with Gasteiger partial charge < -0.3 is 20.6 Å². The summed E-state index contributed by atoms with van der Waals surface area (Å²) in [7, 11) is 0. The summed E-state index contributed by atoms with van der Waals surface area (Å²) in [5.74, 6) is 0.689. The standard InChI is InChI=1S/C18H15N3O3/c19-9-1-3-12-15(7-9)24-18-16-11(5-6-21(18)17(12)23)13-8-10(22)2-4-14(13)20-16/h1-4,7-8,18,20,22H,5-6,19H2. The zero-order chi connectivity index (χ0) is 16.4. The molecule has 3 aromatic rings. The van der Waals surface area contributed by atoms with Gasteiger partial charge in [-0.1, -0.05) is 0 Å². The predicted octanol–water partition coefficient (Wildman–Crippen LogP) is 2.55. The minimum Gasteiger partial charge on any atom is -0.508 e. The molecular formula is C18H15N3O3. The number of hydrogen-bond acceptors (Lipinski definition) is 4. The molecule has 6 heteroatoms. The quantitative estimate of drug-likeness (QED) is 0.555. The number of H-pyrrole nitrogens is 1. The van der Waals surface area contributed by atoms with Crippen molar-refractivity contribution < 1.29 is 14.6 Å². The van der Waals surface area contributed by atoms with Crippen LogP contribution in [0.5, 0.6) is 11.5 Å². The Hall–Kier alpha value is -3.15. The third-order valence-electron chi connectivity index (χ3n) is 4.79. The summed E-state index contributed by atoms with van der Waals surface area (Å²) in [5.41, 5.74) is 9.80. The van der Waals surface area contributed by atoms with Gasteiger partial charge in [-0.3, -0.25) is 9.69 Å². The number of carbonyl (C=O) groups excluding carboxylic acids is 1. The number of benzene rings is 2. The Morgan fingerprint density at radius 1 is 1.25 bits per heavy atom. The van der Waals surface area contributed by atoms with Crippen molar-refractivity contribution in [1.29, 1.82) is 0 Å². The zero-order valence-electron chi connectivity index (χ0n) is 12.7. The van der Waals surface area contributed by atoms with Crippen molar-refractivity contribution in [2.24, 2.45) is 0 Å². The fraction of sp³-hybridized carbons (Fsp3) is 0.167. The van der Waals surface area contributed by atoms with Crippen LogP contribution in [0.15, 0.2) is 36.4 Å². The molecule has 0 spiro atoms. The average molecular weight is 321 g/mol. The molecule has 0 saturated carbocycles. The minimum atomic E-state index is -0.495. The van der Waals surface area contributed by atoms with Crippen LogP contribution in [-0.2, 0) is 6.42 Å². The summed E-state index contributed by atoms with van der Waals surface area (Å²) in [4.78, 5) is 17.9. The molecule has 3 heterocycles. The van der Waals surface area contributed by atoms with Crippen LogP contribution in [0.2, 0.25) is 0 Å². The molecule has 0 fully saturated rings. The molecule has 24 heavy (non-hydrogen) atoms. The lowest BCUT2D eigenvalue weighted by Crippen LogP contribution is -2.45. The molecule has 5 rings (SSSR count). The van der Waals surface area contributed by atoms with Gasteiger partial charge >= 0.3 is 0 Å². The van der Waals surface area contributed by atoms with Crippen LogP contribution in [0.4, 0.5) is 5.69 Å². The molecule has 2 aliphatic rings. The van der Waals surface area contributed by atoms with Gasteiger partial charge in [0.15, 0.2) is 0 Å². The fourth-order valence-corrected chi connectivity index (χ4v) is 3.66. The zero-order valence-corrected chi connectivity index (χ0v) is 12.7. The van der Waals surface area contributed by atoms with Gasteiger partial charge in [-0.25, -0.2) is 0 Å². The number of rotatable bonds is 0. The molecule has 2 aromatic carbocycles. The van der Waals surface area contributed by atoms with Gasteiger partial charge in [-0.05, 0) is 42.3 Å². The number of fused-ring (bicyclic) bond motifs is 6. The van der Waals surface area contributed by atoms with Crippen LogP contribution >= 0.6 is 0 Å². The first kappa shape index (κ1) is 13.3. The van der Waals surface area contributed by atoms with E-state index in [1.54, 1.807) is 35.2 Å². The highest BCUT2D eigenvalue weighted by Gasteiger charge is 2.40. The summed E-state index contributed by atoms with van der Waals surface area (Å²) in [6.07, 6.45) is 0.222. The number of amides is 1. The first-order chi connectivity index (χ1) is 11.6. The summed E-state index contributed by atoms with van der Waals surface area (Å²) in [6, 6.07) is 10.3. The summed E-state index contributed by atoms with van der Waals surface area (Å²) in [6.45, 7) is 0.572. The Morgan fingerprint density at radius 2 is 2.12 bits per heavy atom. The predicted molar refractivity (Wildman–Crippen MR) is 88.9 cm³/mol. The highest BCUT2D eigenvalue weighted by molar-refractivity contribution is 5.99. The van der Waals surface area contributed by atoms with Crippen LogP contribution in [0.25, 0.3) is 10.9 Å². The molecule has 1 aromatic heterocycles. The maximum Gasteiger partial charge on any atom is 0.260 e. The first-order valence-corrected chi connectivity index (χ1v) is 7.82. The molecule has 1 amide bonds. The number of hydrogen-bond donors (Lipinski definition) is 3. The van der Waals surface area contributed by atoms with Crippen LogP contribution in [0.1, 0.15) is 27.8 Å². The van der Waals surface area contributed by atoms with Crippen molar-refractivity contribution in [1.82, 2.24) is 9.88 Å². The summed E-state index contributed by atoms with van der Waals surface area (Å²) in [5, 5.41) is 10.7. The van der Waals surface area contributed by atoms with E-state index in [-0.39, 0.29) is 11.7 Å². The molecule has 120 valence electrons. The molecule has 1 atom stereocenters. The molecule has 0 radical (unpaired) electrons. The van der Waals surface area contributed by atoms with Crippen LogP contribution < -0.4 is 10.5 Å². The van der Waals surface area contributed by atoms with Crippen LogP contribution in [0, 0.1) is 0 Å². The number of aromatic amines is 1. The van der Waals surface area contributed by atoms with Crippen molar-refractivity contribution in [3.05, 3.63) is 53.2 Å². The van der Waals surface area contributed by atoms with Gasteiger partial charge in [0, 0.05) is 29.2 Å².